The zero-order valence-corrected chi connectivity index (χ0v) is 14.4. The second kappa shape index (κ2) is 7.16. The predicted octanol–water partition coefficient (Wildman–Crippen LogP) is 4.36. The van der Waals surface area contributed by atoms with Crippen LogP contribution in [0, 0.1) is 0 Å². The lowest BCUT2D eigenvalue weighted by atomic mass is 9.81. The summed E-state index contributed by atoms with van der Waals surface area (Å²) in [5, 5.41) is 12.1. The molecule has 4 rings (SSSR count). The highest BCUT2D eigenvalue weighted by molar-refractivity contribution is 5.84. The molecule has 0 aliphatic carbocycles. The maximum atomic E-state index is 11.0. The summed E-state index contributed by atoms with van der Waals surface area (Å²) in [4.78, 5) is 3.33. The van der Waals surface area contributed by atoms with E-state index in [0.717, 1.165) is 27.6 Å². The number of aromatic amines is 1. The van der Waals surface area contributed by atoms with Gasteiger partial charge in [0.1, 0.15) is 0 Å². The summed E-state index contributed by atoms with van der Waals surface area (Å²) in [5.41, 5.74) is 10.8. The zero-order valence-electron chi connectivity index (χ0n) is 14.4. The Bertz CT molecular complexity index is 979. The standard InChI is InChI=1S/C23H22N2O/c24-22(23(26)17-11-5-2-6-12-17)21(16-9-3-1-4-10-16)19-15-25-20-14-8-7-13-18(19)20/h1-15,21-23,25-26H,24H2. The van der Waals surface area contributed by atoms with Crippen molar-refractivity contribution in [1.82, 2.24) is 4.98 Å². The molecule has 0 fully saturated rings. The van der Waals surface area contributed by atoms with E-state index in [2.05, 4.69) is 29.2 Å². The number of fused-ring (bicyclic) bond motifs is 1. The van der Waals surface area contributed by atoms with Crippen LogP contribution in [0.5, 0.6) is 0 Å². The molecule has 130 valence electrons. The second-order valence-electron chi connectivity index (χ2n) is 6.61. The molecule has 0 spiro atoms. The van der Waals surface area contributed by atoms with Gasteiger partial charge in [0.2, 0.25) is 0 Å². The molecular weight excluding hydrogens is 320 g/mol. The number of aliphatic hydroxyl groups excluding tert-OH is 1. The highest BCUT2D eigenvalue weighted by Crippen LogP contribution is 2.36. The van der Waals surface area contributed by atoms with Gasteiger partial charge in [0.25, 0.3) is 0 Å². The molecule has 26 heavy (non-hydrogen) atoms. The third-order valence-electron chi connectivity index (χ3n) is 5.01. The van der Waals surface area contributed by atoms with Crippen LogP contribution in [0.3, 0.4) is 0 Å². The Hall–Kier alpha value is -2.88. The number of rotatable bonds is 5. The number of nitrogens with two attached hydrogens (primary N) is 1. The molecule has 1 heterocycles. The second-order valence-corrected chi connectivity index (χ2v) is 6.61. The van der Waals surface area contributed by atoms with E-state index < -0.39 is 12.1 Å². The first kappa shape index (κ1) is 16.6. The number of nitrogens with one attached hydrogen (secondary N) is 1. The van der Waals surface area contributed by atoms with Gasteiger partial charge in [0, 0.05) is 29.1 Å². The summed E-state index contributed by atoms with van der Waals surface area (Å²) in [7, 11) is 0. The molecule has 0 radical (unpaired) electrons. The van der Waals surface area contributed by atoms with Gasteiger partial charge in [-0.05, 0) is 22.8 Å². The quantitative estimate of drug-likeness (QED) is 0.504. The van der Waals surface area contributed by atoms with Gasteiger partial charge in [-0.1, -0.05) is 78.9 Å². The number of hydrogen-bond donors (Lipinski definition) is 3. The number of hydrogen-bond acceptors (Lipinski definition) is 2. The Morgan fingerprint density at radius 1 is 0.731 bits per heavy atom. The van der Waals surface area contributed by atoms with Gasteiger partial charge in [0.05, 0.1) is 6.10 Å². The Balaban J connectivity index is 1.81. The SMILES string of the molecule is NC(C(O)c1ccccc1)C(c1ccccc1)c1c[nH]c2ccccc12. The van der Waals surface area contributed by atoms with Crippen LogP contribution in [0.2, 0.25) is 0 Å². The minimum atomic E-state index is -0.755. The molecule has 0 aliphatic rings. The van der Waals surface area contributed by atoms with Crippen molar-refractivity contribution in [2.24, 2.45) is 5.73 Å². The summed E-state index contributed by atoms with van der Waals surface area (Å²) < 4.78 is 0. The maximum absolute atomic E-state index is 11.0. The van der Waals surface area contributed by atoms with E-state index in [1.165, 1.54) is 0 Å². The lowest BCUT2D eigenvalue weighted by Gasteiger charge is -2.28. The first-order chi connectivity index (χ1) is 12.8. The Morgan fingerprint density at radius 2 is 1.31 bits per heavy atom. The Morgan fingerprint density at radius 3 is 2.00 bits per heavy atom. The van der Waals surface area contributed by atoms with E-state index in [9.17, 15) is 5.11 Å². The van der Waals surface area contributed by atoms with Crippen molar-refractivity contribution in [1.29, 1.82) is 0 Å². The number of benzene rings is 3. The van der Waals surface area contributed by atoms with Crippen LogP contribution in [0.1, 0.15) is 28.7 Å². The topological polar surface area (TPSA) is 62.0 Å². The van der Waals surface area contributed by atoms with Crippen molar-refractivity contribution < 1.29 is 5.11 Å². The normalized spacial score (nSPS) is 14.8. The van der Waals surface area contributed by atoms with Crippen molar-refractivity contribution in [2.45, 2.75) is 18.1 Å². The van der Waals surface area contributed by atoms with Crippen molar-refractivity contribution in [3.63, 3.8) is 0 Å². The minimum Gasteiger partial charge on any atom is -0.387 e. The predicted molar refractivity (Wildman–Crippen MR) is 106 cm³/mol. The summed E-state index contributed by atoms with van der Waals surface area (Å²) in [6.45, 7) is 0. The number of aliphatic hydroxyl groups is 1. The van der Waals surface area contributed by atoms with Crippen LogP contribution in [0.25, 0.3) is 10.9 Å². The fourth-order valence-corrected chi connectivity index (χ4v) is 3.68. The summed E-state index contributed by atoms with van der Waals surface area (Å²) in [6, 6.07) is 27.5. The van der Waals surface area contributed by atoms with Gasteiger partial charge in [-0.25, -0.2) is 0 Å². The molecule has 4 aromatic rings. The van der Waals surface area contributed by atoms with Gasteiger partial charge in [0.15, 0.2) is 0 Å². The van der Waals surface area contributed by atoms with Gasteiger partial charge in [-0.15, -0.1) is 0 Å². The third kappa shape index (κ3) is 3.03. The summed E-state index contributed by atoms with van der Waals surface area (Å²) >= 11 is 0. The molecule has 3 heteroatoms. The largest absolute Gasteiger partial charge is 0.387 e. The highest BCUT2D eigenvalue weighted by atomic mass is 16.3. The van der Waals surface area contributed by atoms with E-state index in [0.29, 0.717) is 0 Å². The molecule has 0 saturated heterocycles. The van der Waals surface area contributed by atoms with Gasteiger partial charge < -0.3 is 15.8 Å². The van der Waals surface area contributed by atoms with Crippen LogP contribution >= 0.6 is 0 Å². The van der Waals surface area contributed by atoms with Crippen LogP contribution < -0.4 is 5.73 Å². The smallest absolute Gasteiger partial charge is 0.0950 e. The molecule has 0 amide bonds. The number of aromatic nitrogens is 1. The summed E-state index contributed by atoms with van der Waals surface area (Å²) in [5.74, 6) is -0.123. The Kier molecular flexibility index (Phi) is 4.57. The third-order valence-corrected chi connectivity index (χ3v) is 5.01. The van der Waals surface area contributed by atoms with Crippen LogP contribution in [-0.2, 0) is 0 Å². The molecule has 4 N–H and O–H groups in total. The molecule has 3 aromatic carbocycles. The zero-order chi connectivity index (χ0) is 17.9. The molecular formula is C23H22N2O. The molecule has 3 nitrogen and oxygen atoms in total. The average molecular weight is 342 g/mol. The Labute approximate surface area is 153 Å². The molecule has 1 aromatic heterocycles. The number of H-pyrrole nitrogens is 1. The fourth-order valence-electron chi connectivity index (χ4n) is 3.68. The van der Waals surface area contributed by atoms with E-state index in [1.807, 2.05) is 66.9 Å². The van der Waals surface area contributed by atoms with Crippen LogP contribution in [0.15, 0.2) is 91.1 Å². The van der Waals surface area contributed by atoms with Crippen molar-refractivity contribution in [3.05, 3.63) is 108 Å². The van der Waals surface area contributed by atoms with Gasteiger partial charge in [-0.3, -0.25) is 0 Å². The first-order valence-corrected chi connectivity index (χ1v) is 8.85. The lowest BCUT2D eigenvalue weighted by Crippen LogP contribution is -2.35. The van der Waals surface area contributed by atoms with Crippen molar-refractivity contribution in [3.8, 4) is 0 Å². The summed E-state index contributed by atoms with van der Waals surface area (Å²) in [6.07, 6.45) is 1.26. The van der Waals surface area contributed by atoms with E-state index in [-0.39, 0.29) is 5.92 Å². The maximum Gasteiger partial charge on any atom is 0.0950 e. The van der Waals surface area contributed by atoms with Gasteiger partial charge in [-0.2, -0.15) is 0 Å². The molecule has 0 aliphatic heterocycles. The monoisotopic (exact) mass is 342 g/mol. The van der Waals surface area contributed by atoms with Gasteiger partial charge >= 0.3 is 0 Å². The number of para-hydroxylation sites is 1. The molecule has 3 atom stereocenters. The van der Waals surface area contributed by atoms with E-state index in [4.69, 9.17) is 5.73 Å². The van der Waals surface area contributed by atoms with Crippen molar-refractivity contribution in [2.75, 3.05) is 0 Å². The molecule has 0 bridgehead atoms. The fraction of sp³-hybridized carbons (Fsp3) is 0.130. The van der Waals surface area contributed by atoms with E-state index >= 15 is 0 Å². The van der Waals surface area contributed by atoms with Crippen LogP contribution in [0.4, 0.5) is 0 Å². The van der Waals surface area contributed by atoms with E-state index in [1.54, 1.807) is 0 Å². The minimum absolute atomic E-state index is 0.123. The van der Waals surface area contributed by atoms with Crippen molar-refractivity contribution >= 4 is 10.9 Å². The average Bonchev–Trinajstić information content (AvgIpc) is 3.13. The molecule has 0 saturated carbocycles. The first-order valence-electron chi connectivity index (χ1n) is 8.85. The molecule has 3 unspecified atom stereocenters. The highest BCUT2D eigenvalue weighted by Gasteiger charge is 2.30. The lowest BCUT2D eigenvalue weighted by molar-refractivity contribution is 0.139. The van der Waals surface area contributed by atoms with Crippen LogP contribution in [-0.4, -0.2) is 16.1 Å².